The van der Waals surface area contributed by atoms with Gasteiger partial charge in [-0.15, -0.1) is 10.2 Å². The molecule has 7 heteroatoms. The van der Waals surface area contributed by atoms with Crippen molar-refractivity contribution in [3.63, 3.8) is 0 Å². The SMILES string of the molecule is CCCNc1nnc(CN2C(=O)CC(C)(C)CC2=O)s1. The van der Waals surface area contributed by atoms with Gasteiger partial charge in [-0.05, 0) is 11.8 Å². The maximum atomic E-state index is 12.0. The van der Waals surface area contributed by atoms with Crippen LogP contribution in [0.2, 0.25) is 0 Å². The maximum Gasteiger partial charge on any atom is 0.230 e. The van der Waals surface area contributed by atoms with E-state index in [9.17, 15) is 9.59 Å². The molecule has 110 valence electrons. The minimum absolute atomic E-state index is 0.121. The molecule has 0 spiro atoms. The van der Waals surface area contributed by atoms with Crippen molar-refractivity contribution in [2.24, 2.45) is 5.41 Å². The van der Waals surface area contributed by atoms with Crippen molar-refractivity contribution in [1.82, 2.24) is 15.1 Å². The van der Waals surface area contributed by atoms with Crippen LogP contribution in [0.15, 0.2) is 0 Å². The molecule has 1 aromatic heterocycles. The Balaban J connectivity index is 2.00. The summed E-state index contributed by atoms with van der Waals surface area (Å²) in [7, 11) is 0. The molecule has 0 aromatic carbocycles. The first-order valence-electron chi connectivity index (χ1n) is 6.81. The zero-order valence-electron chi connectivity index (χ0n) is 12.1. The number of imide groups is 1. The second-order valence-corrected chi connectivity index (χ2v) is 6.88. The van der Waals surface area contributed by atoms with E-state index in [1.54, 1.807) is 0 Å². The number of carbonyl (C=O) groups excluding carboxylic acids is 2. The Morgan fingerprint density at radius 3 is 2.50 bits per heavy atom. The topological polar surface area (TPSA) is 75.2 Å². The number of piperidine rings is 1. The van der Waals surface area contributed by atoms with Gasteiger partial charge in [0.2, 0.25) is 16.9 Å². The smallest absolute Gasteiger partial charge is 0.230 e. The first-order chi connectivity index (χ1) is 9.41. The van der Waals surface area contributed by atoms with Crippen molar-refractivity contribution >= 4 is 28.3 Å². The average Bonchev–Trinajstić information content (AvgIpc) is 2.78. The predicted octanol–water partition coefficient (Wildman–Crippen LogP) is 2.04. The van der Waals surface area contributed by atoms with Crippen LogP contribution in [0.3, 0.4) is 0 Å². The highest BCUT2D eigenvalue weighted by Crippen LogP contribution is 2.32. The summed E-state index contributed by atoms with van der Waals surface area (Å²) in [6, 6.07) is 0. The fourth-order valence-corrected chi connectivity index (χ4v) is 2.90. The van der Waals surface area contributed by atoms with Gasteiger partial charge < -0.3 is 5.32 Å². The maximum absolute atomic E-state index is 12.0. The molecule has 6 nitrogen and oxygen atoms in total. The van der Waals surface area contributed by atoms with E-state index in [-0.39, 0.29) is 23.8 Å². The largest absolute Gasteiger partial charge is 0.360 e. The van der Waals surface area contributed by atoms with Crippen molar-refractivity contribution in [1.29, 1.82) is 0 Å². The number of aromatic nitrogens is 2. The minimum Gasteiger partial charge on any atom is -0.360 e. The molecule has 1 aliphatic rings. The van der Waals surface area contributed by atoms with Crippen molar-refractivity contribution in [2.75, 3.05) is 11.9 Å². The molecule has 0 bridgehead atoms. The molecule has 0 unspecified atom stereocenters. The third-order valence-electron chi connectivity index (χ3n) is 3.15. The quantitative estimate of drug-likeness (QED) is 0.842. The van der Waals surface area contributed by atoms with Crippen molar-refractivity contribution in [3.05, 3.63) is 5.01 Å². The van der Waals surface area contributed by atoms with E-state index in [1.165, 1.54) is 16.2 Å². The van der Waals surface area contributed by atoms with Crippen LogP contribution in [0.1, 0.15) is 45.0 Å². The lowest BCUT2D eigenvalue weighted by Crippen LogP contribution is -2.45. The van der Waals surface area contributed by atoms with Gasteiger partial charge in [0.05, 0.1) is 6.54 Å². The summed E-state index contributed by atoms with van der Waals surface area (Å²) >= 11 is 1.39. The second kappa shape index (κ2) is 5.87. The summed E-state index contributed by atoms with van der Waals surface area (Å²) in [5.41, 5.74) is -0.236. The van der Waals surface area contributed by atoms with Crippen LogP contribution in [0.4, 0.5) is 5.13 Å². The first kappa shape index (κ1) is 14.9. The van der Waals surface area contributed by atoms with Gasteiger partial charge in [0, 0.05) is 19.4 Å². The minimum atomic E-state index is -0.236. The molecule has 2 rings (SSSR count). The Labute approximate surface area is 122 Å². The molecule has 20 heavy (non-hydrogen) atoms. The van der Waals surface area contributed by atoms with Gasteiger partial charge >= 0.3 is 0 Å². The van der Waals surface area contributed by atoms with Gasteiger partial charge in [-0.1, -0.05) is 32.1 Å². The number of hydrogen-bond donors (Lipinski definition) is 1. The molecule has 1 fully saturated rings. The van der Waals surface area contributed by atoms with Gasteiger partial charge in [0.25, 0.3) is 0 Å². The normalized spacial score (nSPS) is 18.4. The zero-order valence-corrected chi connectivity index (χ0v) is 12.9. The van der Waals surface area contributed by atoms with Gasteiger partial charge in [-0.2, -0.15) is 0 Å². The highest BCUT2D eigenvalue weighted by molar-refractivity contribution is 7.15. The number of likely N-dealkylation sites (tertiary alicyclic amines) is 1. The molecular weight excluding hydrogens is 276 g/mol. The summed E-state index contributed by atoms with van der Waals surface area (Å²) < 4.78 is 0. The molecule has 1 N–H and O–H groups in total. The summed E-state index contributed by atoms with van der Waals surface area (Å²) in [6.45, 7) is 7.03. The Morgan fingerprint density at radius 2 is 1.90 bits per heavy atom. The zero-order chi connectivity index (χ0) is 14.8. The van der Waals surface area contributed by atoms with Crippen LogP contribution in [-0.2, 0) is 16.1 Å². The lowest BCUT2D eigenvalue weighted by molar-refractivity contribution is -0.153. The average molecular weight is 296 g/mol. The number of anilines is 1. The molecule has 1 aliphatic heterocycles. The number of rotatable bonds is 5. The molecule has 1 aromatic rings. The Hall–Kier alpha value is -1.50. The Bertz CT molecular complexity index is 492. The molecule has 0 saturated carbocycles. The second-order valence-electron chi connectivity index (χ2n) is 5.82. The van der Waals surface area contributed by atoms with Crippen molar-refractivity contribution in [2.45, 2.75) is 46.6 Å². The summed E-state index contributed by atoms with van der Waals surface area (Å²) in [4.78, 5) is 25.4. The molecule has 0 atom stereocenters. The van der Waals surface area contributed by atoms with E-state index in [0.717, 1.165) is 18.1 Å². The highest BCUT2D eigenvalue weighted by Gasteiger charge is 2.37. The molecular formula is C13H20N4O2S. The van der Waals surface area contributed by atoms with E-state index in [2.05, 4.69) is 22.4 Å². The number of carbonyl (C=O) groups is 2. The van der Waals surface area contributed by atoms with Crippen LogP contribution < -0.4 is 5.32 Å². The molecule has 0 radical (unpaired) electrons. The van der Waals surface area contributed by atoms with Crippen molar-refractivity contribution < 1.29 is 9.59 Å². The highest BCUT2D eigenvalue weighted by atomic mass is 32.1. The number of hydrogen-bond acceptors (Lipinski definition) is 6. The van der Waals surface area contributed by atoms with Crippen LogP contribution in [0.25, 0.3) is 0 Å². The van der Waals surface area contributed by atoms with Gasteiger partial charge in [-0.25, -0.2) is 0 Å². The lowest BCUT2D eigenvalue weighted by Gasteiger charge is -2.34. The molecule has 2 amide bonds. The standard InChI is InChI=1S/C13H20N4O2S/c1-4-5-14-12-16-15-9(20-12)8-17-10(18)6-13(2,3)7-11(17)19/h4-8H2,1-3H3,(H,14,16). The fraction of sp³-hybridized carbons (Fsp3) is 0.692. The molecule has 0 aliphatic carbocycles. The van der Waals surface area contributed by atoms with Crippen LogP contribution in [0.5, 0.6) is 0 Å². The molecule has 1 saturated heterocycles. The molecule has 2 heterocycles. The monoisotopic (exact) mass is 296 g/mol. The summed E-state index contributed by atoms with van der Waals surface area (Å²) in [5.74, 6) is -0.242. The third-order valence-corrected chi connectivity index (χ3v) is 4.01. The summed E-state index contributed by atoms with van der Waals surface area (Å²) in [6.07, 6.45) is 1.81. The lowest BCUT2D eigenvalue weighted by atomic mass is 9.82. The van der Waals surface area contributed by atoms with Crippen LogP contribution >= 0.6 is 11.3 Å². The summed E-state index contributed by atoms with van der Waals surface area (Å²) in [5, 5.41) is 12.6. The first-order valence-corrected chi connectivity index (χ1v) is 7.62. The van der Waals surface area contributed by atoms with E-state index in [0.29, 0.717) is 17.8 Å². The Kier molecular flexibility index (Phi) is 4.37. The number of nitrogens with zero attached hydrogens (tertiary/aromatic N) is 3. The van der Waals surface area contributed by atoms with Gasteiger partial charge in [-0.3, -0.25) is 14.5 Å². The van der Waals surface area contributed by atoms with Gasteiger partial charge in [0.15, 0.2) is 0 Å². The van der Waals surface area contributed by atoms with Crippen LogP contribution in [-0.4, -0.2) is 33.5 Å². The van der Waals surface area contributed by atoms with E-state index in [1.807, 2.05) is 13.8 Å². The fourth-order valence-electron chi connectivity index (χ4n) is 2.14. The van der Waals surface area contributed by atoms with E-state index < -0.39 is 0 Å². The third kappa shape index (κ3) is 3.53. The Morgan fingerprint density at radius 1 is 1.25 bits per heavy atom. The van der Waals surface area contributed by atoms with Gasteiger partial charge in [0.1, 0.15) is 5.01 Å². The number of amides is 2. The van der Waals surface area contributed by atoms with E-state index in [4.69, 9.17) is 0 Å². The van der Waals surface area contributed by atoms with Crippen molar-refractivity contribution in [3.8, 4) is 0 Å². The van der Waals surface area contributed by atoms with E-state index >= 15 is 0 Å². The van der Waals surface area contributed by atoms with Crippen LogP contribution in [0, 0.1) is 5.41 Å². The number of nitrogens with one attached hydrogen (secondary N) is 1. The predicted molar refractivity (Wildman–Crippen MR) is 77.3 cm³/mol.